The fourth-order valence-electron chi connectivity index (χ4n) is 4.57. The standard InChI is InChI=1S/C23H26N8O6/c1-2-30(7-6-14(32)29-13-5-3-4-11-12(13)8-25-21(11)35)22(36)18-16(33)17(34)23(37-18)31-10-28-15-19(24)26-9-27-20(15)31/h3-5,9-10,16-18,23,33-34H,2,6-8H2,1H3,(H,25,35)(H,29,32)(H2,24,26,27). The molecule has 0 bridgehead atoms. The van der Waals surface area contributed by atoms with E-state index in [1.165, 1.54) is 22.1 Å². The summed E-state index contributed by atoms with van der Waals surface area (Å²) in [4.78, 5) is 51.2. The van der Waals surface area contributed by atoms with Crippen LogP contribution in [0, 0.1) is 0 Å². The Morgan fingerprint density at radius 1 is 1.27 bits per heavy atom. The quantitative estimate of drug-likeness (QED) is 0.267. The molecule has 37 heavy (non-hydrogen) atoms. The summed E-state index contributed by atoms with van der Waals surface area (Å²) in [6, 6.07) is 5.09. The number of hydrogen-bond donors (Lipinski definition) is 5. The van der Waals surface area contributed by atoms with Gasteiger partial charge in [0.05, 0.1) is 6.33 Å². The number of aliphatic hydroxyl groups excluding tert-OH is 2. The topological polar surface area (TPSA) is 198 Å². The first kappa shape index (κ1) is 24.5. The summed E-state index contributed by atoms with van der Waals surface area (Å²) in [6.07, 6.45) is -2.92. The second-order valence-electron chi connectivity index (χ2n) is 8.74. The van der Waals surface area contributed by atoms with E-state index in [1.807, 2.05) is 0 Å². The summed E-state index contributed by atoms with van der Waals surface area (Å²) in [7, 11) is 0. The van der Waals surface area contributed by atoms with Crippen molar-refractivity contribution in [2.45, 2.75) is 44.4 Å². The molecule has 1 fully saturated rings. The Bertz CT molecular complexity index is 1380. The minimum absolute atomic E-state index is 0.0260. The molecular formula is C23H26N8O6. The molecule has 1 aromatic carbocycles. The Morgan fingerprint density at radius 3 is 2.86 bits per heavy atom. The van der Waals surface area contributed by atoms with Crippen molar-refractivity contribution in [1.82, 2.24) is 29.7 Å². The van der Waals surface area contributed by atoms with E-state index in [0.717, 1.165) is 0 Å². The Kier molecular flexibility index (Phi) is 6.45. The number of benzene rings is 1. The van der Waals surface area contributed by atoms with Crippen LogP contribution < -0.4 is 16.4 Å². The van der Waals surface area contributed by atoms with E-state index in [1.54, 1.807) is 25.1 Å². The van der Waals surface area contributed by atoms with Gasteiger partial charge in [0.2, 0.25) is 5.91 Å². The van der Waals surface area contributed by atoms with E-state index in [0.29, 0.717) is 28.9 Å². The first-order valence-corrected chi connectivity index (χ1v) is 11.7. The molecule has 1 saturated heterocycles. The molecule has 5 rings (SSSR count). The summed E-state index contributed by atoms with van der Waals surface area (Å²) >= 11 is 0. The maximum absolute atomic E-state index is 13.2. The van der Waals surface area contributed by atoms with Gasteiger partial charge in [-0.05, 0) is 19.1 Å². The van der Waals surface area contributed by atoms with Gasteiger partial charge >= 0.3 is 0 Å². The lowest BCUT2D eigenvalue weighted by Crippen LogP contribution is -2.46. The second kappa shape index (κ2) is 9.72. The van der Waals surface area contributed by atoms with Gasteiger partial charge < -0.3 is 36.2 Å². The smallest absolute Gasteiger partial charge is 0.254 e. The number of nitrogens with two attached hydrogens (primary N) is 1. The largest absolute Gasteiger partial charge is 0.387 e. The molecule has 3 aromatic rings. The van der Waals surface area contributed by atoms with Crippen LogP contribution in [0.25, 0.3) is 11.2 Å². The highest BCUT2D eigenvalue weighted by Crippen LogP contribution is 2.33. The molecule has 2 aromatic heterocycles. The first-order chi connectivity index (χ1) is 17.8. The number of imidazole rings is 1. The number of hydrogen-bond acceptors (Lipinski definition) is 10. The van der Waals surface area contributed by atoms with Gasteiger partial charge in [-0.1, -0.05) is 6.07 Å². The van der Waals surface area contributed by atoms with Crippen LogP contribution in [0.15, 0.2) is 30.9 Å². The third-order valence-corrected chi connectivity index (χ3v) is 6.57. The molecule has 6 N–H and O–H groups in total. The molecular weight excluding hydrogens is 484 g/mol. The number of carbonyl (C=O) groups excluding carboxylic acids is 3. The molecule has 0 radical (unpaired) electrons. The monoisotopic (exact) mass is 510 g/mol. The van der Waals surface area contributed by atoms with Gasteiger partial charge in [0.25, 0.3) is 11.8 Å². The summed E-state index contributed by atoms with van der Waals surface area (Å²) in [5.41, 5.74) is 8.16. The molecule has 4 atom stereocenters. The number of nitrogens with zero attached hydrogens (tertiary/aromatic N) is 5. The molecule has 4 unspecified atom stereocenters. The zero-order valence-electron chi connectivity index (χ0n) is 19.9. The fraction of sp³-hybridized carbons (Fsp3) is 0.391. The van der Waals surface area contributed by atoms with E-state index in [9.17, 15) is 24.6 Å². The highest BCUT2D eigenvalue weighted by Gasteiger charge is 2.48. The fourth-order valence-corrected chi connectivity index (χ4v) is 4.57. The Labute approximate surface area is 210 Å². The van der Waals surface area contributed by atoms with Gasteiger partial charge in [0.1, 0.15) is 24.1 Å². The maximum Gasteiger partial charge on any atom is 0.254 e. The maximum atomic E-state index is 13.2. The number of amides is 3. The zero-order valence-corrected chi connectivity index (χ0v) is 19.9. The SMILES string of the molecule is CCN(CCC(=O)Nc1cccc2c1CNC2=O)C(=O)C1OC(n2cnc3c(N)ncnc32)C(O)C1O. The van der Waals surface area contributed by atoms with E-state index < -0.39 is 30.4 Å². The Hall–Kier alpha value is -4.14. The van der Waals surface area contributed by atoms with Crippen molar-refractivity contribution in [3.8, 4) is 0 Å². The molecule has 4 heterocycles. The average molecular weight is 511 g/mol. The van der Waals surface area contributed by atoms with Crippen LogP contribution in [-0.2, 0) is 20.9 Å². The van der Waals surface area contributed by atoms with Crippen LogP contribution >= 0.6 is 0 Å². The minimum Gasteiger partial charge on any atom is -0.387 e. The number of rotatable bonds is 7. The number of nitrogen functional groups attached to an aromatic ring is 1. The summed E-state index contributed by atoms with van der Waals surface area (Å²) in [6.45, 7) is 2.36. The number of fused-ring (bicyclic) bond motifs is 2. The predicted octanol–water partition coefficient (Wildman–Crippen LogP) is -0.852. The number of ether oxygens (including phenoxy) is 1. The number of likely N-dealkylation sites (N-methyl/N-ethyl adjacent to an activating group) is 1. The van der Waals surface area contributed by atoms with Gasteiger partial charge in [-0.25, -0.2) is 15.0 Å². The highest BCUT2D eigenvalue weighted by atomic mass is 16.6. The van der Waals surface area contributed by atoms with Gasteiger partial charge in [-0.15, -0.1) is 0 Å². The molecule has 3 amide bonds. The molecule has 0 spiro atoms. The molecule has 14 nitrogen and oxygen atoms in total. The highest BCUT2D eigenvalue weighted by molar-refractivity contribution is 6.02. The molecule has 0 saturated carbocycles. The molecule has 2 aliphatic heterocycles. The van der Waals surface area contributed by atoms with Crippen LogP contribution in [0.2, 0.25) is 0 Å². The summed E-state index contributed by atoms with van der Waals surface area (Å²) < 4.78 is 7.16. The van der Waals surface area contributed by atoms with Crippen LogP contribution in [-0.4, -0.2) is 83.8 Å². The van der Waals surface area contributed by atoms with Crippen LogP contribution in [0.4, 0.5) is 11.5 Å². The lowest BCUT2D eigenvalue weighted by atomic mass is 10.1. The van der Waals surface area contributed by atoms with Crippen molar-refractivity contribution in [3.05, 3.63) is 42.0 Å². The van der Waals surface area contributed by atoms with Crippen molar-refractivity contribution in [3.63, 3.8) is 0 Å². The summed E-state index contributed by atoms with van der Waals surface area (Å²) in [5.74, 6) is -0.961. The average Bonchev–Trinajstić information content (AvgIpc) is 3.57. The predicted molar refractivity (Wildman–Crippen MR) is 129 cm³/mol. The number of aromatic nitrogens is 4. The van der Waals surface area contributed by atoms with Crippen molar-refractivity contribution in [1.29, 1.82) is 0 Å². The van der Waals surface area contributed by atoms with E-state index in [2.05, 4.69) is 25.6 Å². The van der Waals surface area contributed by atoms with Crippen LogP contribution in [0.1, 0.15) is 35.5 Å². The van der Waals surface area contributed by atoms with Crippen molar-refractivity contribution < 1.29 is 29.3 Å². The third-order valence-electron chi connectivity index (χ3n) is 6.57. The number of anilines is 2. The van der Waals surface area contributed by atoms with Crippen molar-refractivity contribution in [2.75, 3.05) is 24.1 Å². The zero-order chi connectivity index (χ0) is 26.3. The lowest BCUT2D eigenvalue weighted by Gasteiger charge is -2.25. The molecule has 0 aliphatic carbocycles. The van der Waals surface area contributed by atoms with Gasteiger partial charge in [0, 0.05) is 42.9 Å². The van der Waals surface area contributed by atoms with Gasteiger partial charge in [-0.3, -0.25) is 19.0 Å². The Balaban J connectivity index is 1.24. The third kappa shape index (κ3) is 4.34. The number of nitrogens with one attached hydrogen (secondary N) is 2. The number of aliphatic hydroxyl groups is 2. The molecule has 194 valence electrons. The van der Waals surface area contributed by atoms with Crippen molar-refractivity contribution in [2.24, 2.45) is 0 Å². The van der Waals surface area contributed by atoms with E-state index in [-0.39, 0.29) is 42.8 Å². The first-order valence-electron chi connectivity index (χ1n) is 11.7. The summed E-state index contributed by atoms with van der Waals surface area (Å²) in [5, 5.41) is 26.8. The second-order valence-corrected chi connectivity index (χ2v) is 8.74. The van der Waals surface area contributed by atoms with Gasteiger partial charge in [0.15, 0.2) is 23.8 Å². The molecule has 2 aliphatic rings. The Morgan fingerprint density at radius 2 is 2.08 bits per heavy atom. The van der Waals surface area contributed by atoms with Crippen LogP contribution in [0.5, 0.6) is 0 Å². The number of carbonyl (C=O) groups is 3. The molecule has 14 heteroatoms. The van der Waals surface area contributed by atoms with E-state index in [4.69, 9.17) is 10.5 Å². The minimum atomic E-state index is -1.52. The lowest BCUT2D eigenvalue weighted by molar-refractivity contribution is -0.148. The van der Waals surface area contributed by atoms with E-state index >= 15 is 0 Å². The normalized spacial score (nSPS) is 22.6. The van der Waals surface area contributed by atoms with Crippen molar-refractivity contribution >= 4 is 40.4 Å². The van der Waals surface area contributed by atoms with Gasteiger partial charge in [-0.2, -0.15) is 0 Å². The van der Waals surface area contributed by atoms with Crippen LogP contribution in [0.3, 0.4) is 0 Å².